The molecule has 0 saturated carbocycles. The van der Waals surface area contributed by atoms with Gasteiger partial charge in [-0.2, -0.15) is 0 Å². The number of aromatic nitrogens is 4. The predicted octanol–water partition coefficient (Wildman–Crippen LogP) is 2.44. The summed E-state index contributed by atoms with van der Waals surface area (Å²) in [6.07, 6.45) is 2.80. The van der Waals surface area contributed by atoms with Gasteiger partial charge in [0.05, 0.1) is 17.1 Å². The maximum Gasteiger partial charge on any atom is 0.125 e. The minimum Gasteiger partial charge on any atom is -0.324 e. The Hall–Kier alpha value is -1.71. The zero-order chi connectivity index (χ0) is 12.2. The van der Waals surface area contributed by atoms with Gasteiger partial charge in [-0.15, -0.1) is 0 Å². The zero-order valence-electron chi connectivity index (χ0n) is 10.7. The van der Waals surface area contributed by atoms with Crippen molar-refractivity contribution in [3.8, 4) is 11.4 Å². The quantitative estimate of drug-likeness (QED) is 0.642. The van der Waals surface area contributed by atoms with Crippen molar-refractivity contribution < 1.29 is 0 Å². The lowest BCUT2D eigenvalue weighted by Crippen LogP contribution is -2.06. The molecule has 2 heterocycles. The molecule has 4 heteroatoms. The molecule has 0 saturated heterocycles. The van der Waals surface area contributed by atoms with E-state index in [0.717, 1.165) is 29.5 Å². The maximum atomic E-state index is 4.65. The second-order valence-corrected chi connectivity index (χ2v) is 4.89. The Morgan fingerprint density at radius 3 is 2.71 bits per heavy atom. The van der Waals surface area contributed by atoms with Crippen molar-refractivity contribution in [2.24, 2.45) is 0 Å². The van der Waals surface area contributed by atoms with Gasteiger partial charge in [0, 0.05) is 24.2 Å². The van der Waals surface area contributed by atoms with Crippen molar-refractivity contribution >= 4 is 0 Å². The fraction of sp³-hybridized carbons (Fsp3) is 0.462. The Labute approximate surface area is 101 Å². The molecule has 0 amide bonds. The van der Waals surface area contributed by atoms with E-state index in [-0.39, 0.29) is 0 Å². The lowest BCUT2D eigenvalue weighted by Gasteiger charge is -2.13. The number of imidazole rings is 1. The van der Waals surface area contributed by atoms with E-state index in [1.54, 1.807) is 0 Å². The summed E-state index contributed by atoms with van der Waals surface area (Å²) in [5.41, 5.74) is 4.61. The van der Waals surface area contributed by atoms with Crippen LogP contribution in [0.5, 0.6) is 0 Å². The fourth-order valence-electron chi connectivity index (χ4n) is 2.62. The van der Waals surface area contributed by atoms with Crippen LogP contribution in [0.1, 0.15) is 42.8 Å². The van der Waals surface area contributed by atoms with Crippen molar-refractivity contribution in [2.75, 3.05) is 0 Å². The molecule has 0 unspecified atom stereocenters. The van der Waals surface area contributed by atoms with Crippen LogP contribution in [-0.2, 0) is 6.42 Å². The summed E-state index contributed by atoms with van der Waals surface area (Å²) in [7, 11) is 0. The Morgan fingerprint density at radius 2 is 2.00 bits per heavy atom. The van der Waals surface area contributed by atoms with Crippen LogP contribution in [0.15, 0.2) is 6.20 Å². The highest BCUT2D eigenvalue weighted by atomic mass is 15.1. The molecule has 17 heavy (non-hydrogen) atoms. The average molecular weight is 228 g/mol. The first-order valence-corrected chi connectivity index (χ1v) is 5.98. The third-order valence-electron chi connectivity index (χ3n) is 3.24. The lowest BCUT2D eigenvalue weighted by atomic mass is 10.2. The number of rotatable bonds is 1. The Bertz CT molecular complexity index is 596. The number of aryl methyl sites for hydroxylation is 2. The number of hydrogen-bond donors (Lipinski definition) is 0. The van der Waals surface area contributed by atoms with E-state index in [2.05, 4.69) is 40.3 Å². The first-order valence-electron chi connectivity index (χ1n) is 5.98. The van der Waals surface area contributed by atoms with Crippen LogP contribution < -0.4 is 0 Å². The summed E-state index contributed by atoms with van der Waals surface area (Å²) >= 11 is 0. The molecule has 0 spiro atoms. The van der Waals surface area contributed by atoms with Gasteiger partial charge in [0.1, 0.15) is 11.6 Å². The molecule has 0 aliphatic heterocycles. The van der Waals surface area contributed by atoms with Gasteiger partial charge < -0.3 is 4.57 Å². The minimum absolute atomic E-state index is 0.410. The monoisotopic (exact) mass is 228 g/mol. The highest BCUT2D eigenvalue weighted by Crippen LogP contribution is 2.36. The largest absolute Gasteiger partial charge is 0.324 e. The van der Waals surface area contributed by atoms with Crippen LogP contribution in [0.25, 0.3) is 11.4 Å². The summed E-state index contributed by atoms with van der Waals surface area (Å²) in [5, 5.41) is 0. The molecule has 0 atom stereocenters. The molecule has 0 bridgehead atoms. The topological polar surface area (TPSA) is 43.6 Å². The molecule has 0 aromatic carbocycles. The molecular formula is C13H16N4. The third kappa shape index (κ3) is 1.40. The zero-order valence-corrected chi connectivity index (χ0v) is 10.7. The summed E-state index contributed by atoms with van der Waals surface area (Å²) in [4.78, 5) is 13.5. The van der Waals surface area contributed by atoms with Gasteiger partial charge in [-0.1, -0.05) is 0 Å². The fourth-order valence-corrected chi connectivity index (χ4v) is 2.62. The van der Waals surface area contributed by atoms with Crippen molar-refractivity contribution in [3.63, 3.8) is 0 Å². The van der Waals surface area contributed by atoms with Gasteiger partial charge in [-0.3, -0.25) is 0 Å². The molecule has 1 aliphatic rings. The van der Waals surface area contributed by atoms with Crippen LogP contribution in [0.2, 0.25) is 0 Å². The Morgan fingerprint density at radius 1 is 1.24 bits per heavy atom. The molecule has 0 N–H and O–H groups in total. The molecular weight excluding hydrogens is 212 g/mol. The van der Waals surface area contributed by atoms with Crippen molar-refractivity contribution in [2.45, 2.75) is 40.2 Å². The van der Waals surface area contributed by atoms with E-state index in [9.17, 15) is 0 Å². The molecule has 0 radical (unpaired) electrons. The van der Waals surface area contributed by atoms with E-state index in [0.29, 0.717) is 6.04 Å². The molecule has 2 aromatic rings. The van der Waals surface area contributed by atoms with Crippen molar-refractivity contribution in [1.29, 1.82) is 0 Å². The van der Waals surface area contributed by atoms with Gasteiger partial charge in [0.15, 0.2) is 0 Å². The normalized spacial score (nSPS) is 13.0. The second kappa shape index (κ2) is 3.39. The highest BCUT2D eigenvalue weighted by molar-refractivity contribution is 5.69. The van der Waals surface area contributed by atoms with Gasteiger partial charge in [0.25, 0.3) is 0 Å². The highest BCUT2D eigenvalue weighted by Gasteiger charge is 2.28. The standard InChI is InChI=1S/C13H16N4/c1-7(2)17-9(4)16-11-5-10-6-14-8(3)15-12(10)13(11)17/h6-7H,5H2,1-4H3. The summed E-state index contributed by atoms with van der Waals surface area (Å²) in [5.74, 6) is 1.90. The van der Waals surface area contributed by atoms with E-state index in [1.165, 1.54) is 11.3 Å². The number of nitrogens with zero attached hydrogens (tertiary/aromatic N) is 4. The van der Waals surface area contributed by atoms with Gasteiger partial charge in [0.2, 0.25) is 0 Å². The predicted molar refractivity (Wildman–Crippen MR) is 65.9 cm³/mol. The van der Waals surface area contributed by atoms with E-state index < -0.39 is 0 Å². The van der Waals surface area contributed by atoms with Crippen LogP contribution in [0.4, 0.5) is 0 Å². The molecule has 3 rings (SSSR count). The molecule has 2 aromatic heterocycles. The molecule has 4 nitrogen and oxygen atoms in total. The van der Waals surface area contributed by atoms with Crippen LogP contribution in [0.3, 0.4) is 0 Å². The molecule has 88 valence electrons. The Kier molecular flexibility index (Phi) is 2.08. The van der Waals surface area contributed by atoms with E-state index in [4.69, 9.17) is 0 Å². The van der Waals surface area contributed by atoms with Crippen molar-refractivity contribution in [3.05, 3.63) is 29.1 Å². The third-order valence-corrected chi connectivity index (χ3v) is 3.24. The smallest absolute Gasteiger partial charge is 0.125 e. The average Bonchev–Trinajstić information content (AvgIpc) is 2.72. The van der Waals surface area contributed by atoms with Gasteiger partial charge in [-0.05, 0) is 27.7 Å². The molecule has 1 aliphatic carbocycles. The van der Waals surface area contributed by atoms with Crippen LogP contribution in [-0.4, -0.2) is 19.5 Å². The summed E-state index contributed by atoms with van der Waals surface area (Å²) < 4.78 is 2.27. The molecule has 0 fully saturated rings. The lowest BCUT2D eigenvalue weighted by molar-refractivity contribution is 0.587. The van der Waals surface area contributed by atoms with Crippen LogP contribution >= 0.6 is 0 Å². The minimum atomic E-state index is 0.410. The van der Waals surface area contributed by atoms with E-state index >= 15 is 0 Å². The number of fused-ring (bicyclic) bond motifs is 3. The first-order chi connectivity index (χ1) is 8.08. The summed E-state index contributed by atoms with van der Waals surface area (Å²) in [6.45, 7) is 8.36. The second-order valence-electron chi connectivity index (χ2n) is 4.89. The van der Waals surface area contributed by atoms with Crippen molar-refractivity contribution in [1.82, 2.24) is 19.5 Å². The SMILES string of the molecule is Cc1ncc2c(n1)-c1c(nc(C)n1C(C)C)C2. The van der Waals surface area contributed by atoms with Gasteiger partial charge >= 0.3 is 0 Å². The number of hydrogen-bond acceptors (Lipinski definition) is 3. The van der Waals surface area contributed by atoms with Crippen LogP contribution in [0, 0.1) is 13.8 Å². The van der Waals surface area contributed by atoms with Gasteiger partial charge in [-0.25, -0.2) is 15.0 Å². The summed E-state index contributed by atoms with van der Waals surface area (Å²) in [6, 6.07) is 0.410. The Balaban J connectivity index is 2.29. The maximum absolute atomic E-state index is 4.65. The first kappa shape index (κ1) is 10.4. The van der Waals surface area contributed by atoms with E-state index in [1.807, 2.05) is 13.1 Å².